The monoisotopic (exact) mass is 675 g/mol. The van der Waals surface area contributed by atoms with Gasteiger partial charge >= 0.3 is 0 Å². The van der Waals surface area contributed by atoms with Gasteiger partial charge in [0.25, 0.3) is 0 Å². The smallest absolute Gasteiger partial charge is 0.133 e. The Labute approximate surface area is 303 Å². The van der Waals surface area contributed by atoms with Gasteiger partial charge in [0.05, 0.1) is 6.10 Å². The molecule has 1 unspecified atom stereocenters. The Balaban J connectivity index is 3.34. The third-order valence-corrected chi connectivity index (χ3v) is 8.71. The molecule has 0 aliphatic rings. The lowest BCUT2D eigenvalue weighted by atomic mass is 10.0. The summed E-state index contributed by atoms with van der Waals surface area (Å²) in [5.74, 6) is 4.50. The van der Waals surface area contributed by atoms with Gasteiger partial charge in [-0.3, -0.25) is 0 Å². The lowest BCUT2D eigenvalue weighted by molar-refractivity contribution is 0.205. The van der Waals surface area contributed by atoms with Crippen LogP contribution >= 0.6 is 0 Å². The van der Waals surface area contributed by atoms with Crippen molar-refractivity contribution in [2.24, 2.45) is 0 Å². The number of allylic oxidation sites excluding steroid dienone is 9. The first-order chi connectivity index (χ1) is 24.1. The molecule has 0 heterocycles. The van der Waals surface area contributed by atoms with Gasteiger partial charge in [-0.25, -0.2) is 0 Å². The van der Waals surface area contributed by atoms with Gasteiger partial charge in [0.2, 0.25) is 0 Å². The predicted octanol–water partition coefficient (Wildman–Crippen LogP) is 12.2. The fourth-order valence-corrected chi connectivity index (χ4v) is 5.60. The van der Waals surface area contributed by atoms with Crippen LogP contribution in [0, 0.1) is 24.7 Å². The van der Waals surface area contributed by atoms with Gasteiger partial charge in [-0.05, 0) is 115 Å². The maximum absolute atomic E-state index is 9.83. The highest BCUT2D eigenvalue weighted by atomic mass is 16.3. The van der Waals surface area contributed by atoms with Crippen molar-refractivity contribution in [2.75, 3.05) is 0 Å². The molecule has 3 heteroatoms. The van der Waals surface area contributed by atoms with Gasteiger partial charge in [-0.1, -0.05) is 143 Å². The summed E-state index contributed by atoms with van der Waals surface area (Å²) in [6.45, 7) is 0. The highest BCUT2D eigenvalue weighted by Gasteiger charge is 2.00. The molecule has 0 fully saturated rings. The molecule has 0 saturated carbocycles. The van der Waals surface area contributed by atoms with Crippen LogP contribution in [0.2, 0.25) is 0 Å². The fraction of sp³-hybridized carbons (Fsp3) is 0.652. The Kier molecular flexibility index (Phi) is 37.8. The summed E-state index contributed by atoms with van der Waals surface area (Å²) in [6.07, 6.45) is 66.6. The minimum absolute atomic E-state index is 0.523. The molecular weight excluding hydrogens is 601 g/mol. The Morgan fingerprint density at radius 3 is 1.06 bits per heavy atom. The molecule has 0 saturated heterocycles. The highest BCUT2D eigenvalue weighted by Crippen LogP contribution is 2.13. The molecule has 0 bridgehead atoms. The second-order valence-electron chi connectivity index (χ2n) is 13.4. The third-order valence-electron chi connectivity index (χ3n) is 8.71. The summed E-state index contributed by atoms with van der Waals surface area (Å²) in [5.41, 5.74) is 0. The third kappa shape index (κ3) is 39.8. The van der Waals surface area contributed by atoms with Crippen LogP contribution in [0.1, 0.15) is 173 Å². The van der Waals surface area contributed by atoms with Crippen molar-refractivity contribution in [3.05, 3.63) is 72.9 Å². The first-order valence-electron chi connectivity index (χ1n) is 20.0. The number of rotatable bonds is 35. The molecule has 3 nitrogen and oxygen atoms in total. The molecule has 0 spiro atoms. The van der Waals surface area contributed by atoms with Gasteiger partial charge < -0.3 is 15.3 Å². The number of hydrogen-bond donors (Lipinski definition) is 3. The number of terminal acetylenes is 2. The molecular formula is C46H74O3. The molecule has 0 amide bonds. The Bertz CT molecular complexity index is 954. The first-order valence-corrected chi connectivity index (χ1v) is 20.0. The van der Waals surface area contributed by atoms with E-state index in [0.29, 0.717) is 6.42 Å². The highest BCUT2D eigenvalue weighted by molar-refractivity contribution is 5.07. The van der Waals surface area contributed by atoms with Crippen LogP contribution < -0.4 is 0 Å². The lowest BCUT2D eigenvalue weighted by Gasteiger charge is -2.05. The predicted molar refractivity (Wildman–Crippen MR) is 215 cm³/mol. The van der Waals surface area contributed by atoms with E-state index in [1.54, 1.807) is 12.2 Å². The maximum Gasteiger partial charge on any atom is 0.133 e. The quantitative estimate of drug-likeness (QED) is 0.0356. The van der Waals surface area contributed by atoms with Gasteiger partial charge in [0.15, 0.2) is 0 Å². The molecule has 0 aliphatic heterocycles. The first kappa shape index (κ1) is 46.4. The summed E-state index contributed by atoms with van der Waals surface area (Å²) in [6, 6.07) is 0. The molecule has 3 N–H and O–H groups in total. The lowest BCUT2D eigenvalue weighted by Crippen LogP contribution is -2.04. The fourth-order valence-electron chi connectivity index (χ4n) is 5.60. The Morgan fingerprint density at radius 1 is 0.347 bits per heavy atom. The van der Waals surface area contributed by atoms with Gasteiger partial charge in [0.1, 0.15) is 12.2 Å². The zero-order valence-corrected chi connectivity index (χ0v) is 31.2. The van der Waals surface area contributed by atoms with Crippen LogP contribution in [-0.4, -0.2) is 33.6 Å². The van der Waals surface area contributed by atoms with Crippen molar-refractivity contribution < 1.29 is 15.3 Å². The van der Waals surface area contributed by atoms with Crippen molar-refractivity contribution >= 4 is 0 Å². The van der Waals surface area contributed by atoms with E-state index in [9.17, 15) is 15.3 Å². The second-order valence-corrected chi connectivity index (χ2v) is 13.4. The van der Waals surface area contributed by atoms with Crippen LogP contribution in [-0.2, 0) is 0 Å². The van der Waals surface area contributed by atoms with E-state index in [4.69, 9.17) is 12.8 Å². The van der Waals surface area contributed by atoms with E-state index in [0.717, 1.165) is 38.5 Å². The topological polar surface area (TPSA) is 60.7 Å². The molecule has 0 aromatic carbocycles. The summed E-state index contributed by atoms with van der Waals surface area (Å²) >= 11 is 0. The standard InChI is InChI=1S/C46H74O3/c1-3-44(47)40-38-36-34-32-30-28-26-24-22-20-18-16-14-12-10-8-6-5-7-9-11-13-15-17-19-21-23-25-27-29-31-33-35-37-39-41-46(49)43-42-45(48)4-2/h1-2,8,10-11,13,23,25,29,31,38,40,42-49H,5-7,9,12,14-22,24,26-28,30,32-37,39,41H2/b10-8?,13-11?,25-23?,31-29?,40-38+,43-42+/t44-,45-,46?/m1/s1. The van der Waals surface area contributed by atoms with Crippen molar-refractivity contribution in [3.8, 4) is 24.7 Å². The summed E-state index contributed by atoms with van der Waals surface area (Å²) in [7, 11) is 0. The Morgan fingerprint density at radius 2 is 0.653 bits per heavy atom. The van der Waals surface area contributed by atoms with Crippen LogP contribution in [0.15, 0.2) is 72.9 Å². The summed E-state index contributed by atoms with van der Waals surface area (Å²) < 4.78 is 0. The summed E-state index contributed by atoms with van der Waals surface area (Å²) in [5, 5.41) is 28.4. The van der Waals surface area contributed by atoms with Gasteiger partial charge in [0, 0.05) is 0 Å². The molecule has 0 radical (unpaired) electrons. The van der Waals surface area contributed by atoms with E-state index in [1.165, 1.54) is 134 Å². The number of unbranched alkanes of at least 4 members (excludes halogenated alkanes) is 21. The molecule has 0 aliphatic carbocycles. The van der Waals surface area contributed by atoms with E-state index >= 15 is 0 Å². The zero-order valence-electron chi connectivity index (χ0n) is 31.2. The average Bonchev–Trinajstić information content (AvgIpc) is 3.11. The average molecular weight is 675 g/mol. The van der Waals surface area contributed by atoms with Crippen LogP contribution in [0.4, 0.5) is 0 Å². The van der Waals surface area contributed by atoms with E-state index in [1.807, 2.05) is 6.08 Å². The molecule has 0 aromatic rings. The van der Waals surface area contributed by atoms with E-state index in [2.05, 4.69) is 60.4 Å². The normalized spacial score (nSPS) is 14.2. The molecule has 276 valence electrons. The molecule has 49 heavy (non-hydrogen) atoms. The molecule has 0 rings (SSSR count). The maximum atomic E-state index is 9.83. The Hall–Kier alpha value is -2.56. The minimum Gasteiger partial charge on any atom is -0.389 e. The van der Waals surface area contributed by atoms with Crippen molar-refractivity contribution in [1.82, 2.24) is 0 Å². The largest absolute Gasteiger partial charge is 0.389 e. The zero-order chi connectivity index (χ0) is 35.7. The second kappa shape index (κ2) is 39.9. The van der Waals surface area contributed by atoms with Crippen LogP contribution in [0.5, 0.6) is 0 Å². The van der Waals surface area contributed by atoms with Gasteiger partial charge in [-0.15, -0.1) is 12.8 Å². The number of aliphatic hydroxyl groups excluding tert-OH is 3. The van der Waals surface area contributed by atoms with E-state index in [-0.39, 0.29) is 0 Å². The van der Waals surface area contributed by atoms with Crippen LogP contribution in [0.3, 0.4) is 0 Å². The molecule has 0 aromatic heterocycles. The minimum atomic E-state index is -0.906. The van der Waals surface area contributed by atoms with E-state index < -0.39 is 18.3 Å². The molecule has 3 atom stereocenters. The SMILES string of the molecule is C#C[C@@H](O)/C=C/CCCCCCCCCCCCCC=CCCCCC=CCCCCC=CCC=CCCCCCC(O)/C=C/[C@H](O)C#C. The number of hydrogen-bond acceptors (Lipinski definition) is 3. The number of aliphatic hydroxyl groups is 3. The summed E-state index contributed by atoms with van der Waals surface area (Å²) in [4.78, 5) is 0. The van der Waals surface area contributed by atoms with Crippen molar-refractivity contribution in [1.29, 1.82) is 0 Å². The van der Waals surface area contributed by atoms with Crippen molar-refractivity contribution in [3.63, 3.8) is 0 Å². The van der Waals surface area contributed by atoms with Crippen LogP contribution in [0.25, 0.3) is 0 Å². The van der Waals surface area contributed by atoms with Crippen molar-refractivity contribution in [2.45, 2.75) is 192 Å². The van der Waals surface area contributed by atoms with Gasteiger partial charge in [-0.2, -0.15) is 0 Å².